The average Bonchev–Trinajstić information content (AvgIpc) is 2.75. The van der Waals surface area contributed by atoms with Crippen molar-refractivity contribution in [1.29, 1.82) is 0 Å². The highest BCUT2D eigenvalue weighted by Crippen LogP contribution is 2.28. The zero-order valence-corrected chi connectivity index (χ0v) is 12.0. The smallest absolute Gasteiger partial charge is 0.185 e. The molecule has 0 saturated carbocycles. The third-order valence-electron chi connectivity index (χ3n) is 2.67. The summed E-state index contributed by atoms with van der Waals surface area (Å²) in [5.41, 5.74) is 1.08. The highest BCUT2D eigenvalue weighted by Gasteiger charge is 2.17. The van der Waals surface area contributed by atoms with E-state index >= 15 is 0 Å². The molecule has 1 aliphatic rings. The molecular weight excluding hydrogens is 254 g/mol. The van der Waals surface area contributed by atoms with Crippen LogP contribution in [-0.4, -0.2) is 43.7 Å². The number of nitrogens with zero attached hydrogens (tertiary/aromatic N) is 2. The van der Waals surface area contributed by atoms with Crippen molar-refractivity contribution in [3.63, 3.8) is 0 Å². The Morgan fingerprint density at radius 1 is 1.41 bits per heavy atom. The van der Waals surface area contributed by atoms with Gasteiger partial charge in [0.15, 0.2) is 5.13 Å². The van der Waals surface area contributed by atoms with E-state index in [1.165, 1.54) is 16.4 Å². The van der Waals surface area contributed by atoms with Crippen molar-refractivity contribution < 1.29 is 4.74 Å². The minimum atomic E-state index is 0.607. The molecule has 2 rings (SSSR count). The van der Waals surface area contributed by atoms with Gasteiger partial charge in [-0.1, -0.05) is 0 Å². The van der Waals surface area contributed by atoms with Crippen molar-refractivity contribution in [2.24, 2.45) is 0 Å². The van der Waals surface area contributed by atoms with Gasteiger partial charge in [0.25, 0.3) is 0 Å². The first-order valence-corrected chi connectivity index (χ1v) is 7.77. The van der Waals surface area contributed by atoms with E-state index < -0.39 is 0 Å². The number of methoxy groups -OCH3 is 1. The van der Waals surface area contributed by atoms with Crippen LogP contribution >= 0.6 is 23.1 Å². The standard InChI is InChI=1S/C11H19N3OS2/c1-12-7-10-9(8-15-2)13-11(17-10)14-3-5-16-6-4-14/h12H,3-8H2,1-2H3. The second-order valence-corrected chi connectivity index (χ2v) is 6.22. The zero-order chi connectivity index (χ0) is 12.1. The van der Waals surface area contributed by atoms with E-state index in [4.69, 9.17) is 9.72 Å². The molecule has 6 heteroatoms. The predicted molar refractivity (Wildman–Crippen MR) is 75.1 cm³/mol. The predicted octanol–water partition coefficient (Wildman–Crippen LogP) is 1.56. The van der Waals surface area contributed by atoms with Gasteiger partial charge in [0.2, 0.25) is 0 Å². The number of rotatable bonds is 5. The molecule has 1 saturated heterocycles. The Labute approximate surface area is 111 Å². The molecule has 1 aliphatic heterocycles. The van der Waals surface area contributed by atoms with E-state index in [9.17, 15) is 0 Å². The van der Waals surface area contributed by atoms with Gasteiger partial charge in [-0.3, -0.25) is 0 Å². The molecule has 0 aliphatic carbocycles. The largest absolute Gasteiger partial charge is 0.378 e. The Bertz CT molecular complexity index is 327. The first-order valence-electron chi connectivity index (χ1n) is 5.80. The van der Waals surface area contributed by atoms with E-state index in [0.717, 1.165) is 30.5 Å². The van der Waals surface area contributed by atoms with Gasteiger partial charge >= 0.3 is 0 Å². The number of anilines is 1. The van der Waals surface area contributed by atoms with Crippen LogP contribution in [0.5, 0.6) is 0 Å². The maximum Gasteiger partial charge on any atom is 0.185 e. The van der Waals surface area contributed by atoms with Crippen LogP contribution in [0.4, 0.5) is 5.13 Å². The van der Waals surface area contributed by atoms with Gasteiger partial charge in [0.05, 0.1) is 12.3 Å². The minimum Gasteiger partial charge on any atom is -0.378 e. The lowest BCUT2D eigenvalue weighted by Crippen LogP contribution is -2.32. The summed E-state index contributed by atoms with van der Waals surface area (Å²) < 4.78 is 5.21. The number of aromatic nitrogens is 1. The molecule has 4 nitrogen and oxygen atoms in total. The van der Waals surface area contributed by atoms with E-state index in [0.29, 0.717) is 6.61 Å². The van der Waals surface area contributed by atoms with E-state index in [1.807, 2.05) is 18.8 Å². The van der Waals surface area contributed by atoms with Crippen molar-refractivity contribution >= 4 is 28.2 Å². The SMILES string of the molecule is CNCc1sc(N2CCSCC2)nc1COC. The molecule has 17 heavy (non-hydrogen) atoms. The topological polar surface area (TPSA) is 37.4 Å². The van der Waals surface area contributed by atoms with Crippen LogP contribution in [0.15, 0.2) is 0 Å². The molecule has 2 heterocycles. The number of thiazole rings is 1. The van der Waals surface area contributed by atoms with Gasteiger partial charge < -0.3 is 15.0 Å². The maximum absolute atomic E-state index is 5.21. The van der Waals surface area contributed by atoms with Gasteiger partial charge in [0, 0.05) is 43.1 Å². The van der Waals surface area contributed by atoms with Gasteiger partial charge in [-0.2, -0.15) is 11.8 Å². The molecule has 0 unspecified atom stereocenters. The number of thioether (sulfide) groups is 1. The van der Waals surface area contributed by atoms with Crippen LogP contribution in [0.25, 0.3) is 0 Å². The quantitative estimate of drug-likeness (QED) is 0.881. The summed E-state index contributed by atoms with van der Waals surface area (Å²) in [4.78, 5) is 8.39. The minimum absolute atomic E-state index is 0.607. The summed E-state index contributed by atoms with van der Waals surface area (Å²) in [6.07, 6.45) is 0. The monoisotopic (exact) mass is 273 g/mol. The Morgan fingerprint density at radius 2 is 2.18 bits per heavy atom. The second kappa shape index (κ2) is 6.58. The fraction of sp³-hybridized carbons (Fsp3) is 0.727. The fourth-order valence-corrected chi connectivity index (χ4v) is 3.84. The molecular formula is C11H19N3OS2. The molecule has 0 amide bonds. The molecule has 1 fully saturated rings. The van der Waals surface area contributed by atoms with Gasteiger partial charge in [-0.15, -0.1) is 11.3 Å². The summed E-state index contributed by atoms with van der Waals surface area (Å²) in [6, 6.07) is 0. The molecule has 0 aromatic carbocycles. The molecule has 1 aromatic heterocycles. The summed E-state index contributed by atoms with van der Waals surface area (Å²) in [5, 5.41) is 4.35. The Hall–Kier alpha value is -0.300. The fourth-order valence-electron chi connectivity index (χ4n) is 1.81. The summed E-state index contributed by atoms with van der Waals surface area (Å²) in [7, 11) is 3.69. The van der Waals surface area contributed by atoms with Crippen LogP contribution in [-0.2, 0) is 17.9 Å². The third-order valence-corrected chi connectivity index (χ3v) is 4.77. The number of ether oxygens (including phenoxy) is 1. The Morgan fingerprint density at radius 3 is 2.82 bits per heavy atom. The maximum atomic E-state index is 5.21. The second-order valence-electron chi connectivity index (χ2n) is 3.93. The first kappa shape index (κ1) is 13.1. The van der Waals surface area contributed by atoms with Crippen LogP contribution in [0.1, 0.15) is 10.6 Å². The van der Waals surface area contributed by atoms with Gasteiger partial charge in [-0.25, -0.2) is 4.98 Å². The van der Waals surface area contributed by atoms with Crippen molar-refractivity contribution in [2.45, 2.75) is 13.2 Å². The van der Waals surface area contributed by atoms with Crippen molar-refractivity contribution in [3.05, 3.63) is 10.6 Å². The van der Waals surface area contributed by atoms with Crippen molar-refractivity contribution in [3.8, 4) is 0 Å². The molecule has 96 valence electrons. The summed E-state index contributed by atoms with van der Waals surface area (Å²) in [6.45, 7) is 3.71. The highest BCUT2D eigenvalue weighted by atomic mass is 32.2. The number of hydrogen-bond donors (Lipinski definition) is 1. The number of nitrogens with one attached hydrogen (secondary N) is 1. The summed E-state index contributed by atoms with van der Waals surface area (Å²) in [5.74, 6) is 2.42. The van der Waals surface area contributed by atoms with E-state index in [1.54, 1.807) is 18.4 Å². The van der Waals surface area contributed by atoms with E-state index in [-0.39, 0.29) is 0 Å². The van der Waals surface area contributed by atoms with E-state index in [2.05, 4.69) is 10.2 Å². The third kappa shape index (κ3) is 3.34. The lowest BCUT2D eigenvalue weighted by Gasteiger charge is -2.25. The van der Waals surface area contributed by atoms with Gasteiger partial charge in [-0.05, 0) is 7.05 Å². The molecule has 0 radical (unpaired) electrons. The molecule has 0 atom stereocenters. The lowest BCUT2D eigenvalue weighted by atomic mass is 10.4. The zero-order valence-electron chi connectivity index (χ0n) is 10.4. The highest BCUT2D eigenvalue weighted by molar-refractivity contribution is 7.99. The Kier molecular flexibility index (Phi) is 5.09. The number of hydrogen-bond acceptors (Lipinski definition) is 6. The lowest BCUT2D eigenvalue weighted by molar-refractivity contribution is 0.181. The van der Waals surface area contributed by atoms with Gasteiger partial charge in [0.1, 0.15) is 0 Å². The average molecular weight is 273 g/mol. The van der Waals surface area contributed by atoms with Crippen molar-refractivity contribution in [1.82, 2.24) is 10.3 Å². The van der Waals surface area contributed by atoms with Crippen LogP contribution in [0, 0.1) is 0 Å². The summed E-state index contributed by atoms with van der Waals surface area (Å²) >= 11 is 3.82. The normalized spacial score (nSPS) is 16.5. The molecule has 0 spiro atoms. The van der Waals surface area contributed by atoms with Crippen LogP contribution in [0.3, 0.4) is 0 Å². The molecule has 0 bridgehead atoms. The molecule has 1 aromatic rings. The molecule has 1 N–H and O–H groups in total. The van der Waals surface area contributed by atoms with Crippen LogP contribution < -0.4 is 10.2 Å². The van der Waals surface area contributed by atoms with Crippen LogP contribution in [0.2, 0.25) is 0 Å². The van der Waals surface area contributed by atoms with Crippen molar-refractivity contribution in [2.75, 3.05) is 43.7 Å². The Balaban J connectivity index is 2.13. The first-order chi connectivity index (χ1) is 8.35.